The molecular weight excluding hydrogens is 398 g/mol. The van der Waals surface area contributed by atoms with Crippen LogP contribution in [-0.2, 0) is 4.79 Å². The molecule has 0 radical (unpaired) electrons. The molecule has 1 aliphatic heterocycles. The van der Waals surface area contributed by atoms with E-state index in [1.807, 2.05) is 67.6 Å². The van der Waals surface area contributed by atoms with Crippen LogP contribution < -0.4 is 0 Å². The Morgan fingerprint density at radius 2 is 1.63 bits per heavy atom. The topological polar surface area (TPSA) is 57.6 Å². The predicted molar refractivity (Wildman–Crippen MR) is 118 cm³/mol. The van der Waals surface area contributed by atoms with Crippen molar-refractivity contribution in [3.8, 4) is 11.1 Å². The molecule has 0 aliphatic carbocycles. The molecule has 1 heterocycles. The SMILES string of the molecule is Cc1cc(-c2ccccc2)ccc1C(=O)N1[C@@H](c2ccccc2Cl)CC[C@H]1C(=O)O. The lowest BCUT2D eigenvalue weighted by atomic mass is 9.98. The summed E-state index contributed by atoms with van der Waals surface area (Å²) in [7, 11) is 0. The Balaban J connectivity index is 1.72. The molecular formula is C25H22ClNO3. The summed E-state index contributed by atoms with van der Waals surface area (Å²) in [5.41, 5.74) is 4.20. The van der Waals surface area contributed by atoms with Crippen LogP contribution in [-0.4, -0.2) is 27.9 Å². The van der Waals surface area contributed by atoms with Crippen LogP contribution in [0.15, 0.2) is 72.8 Å². The molecule has 3 aromatic rings. The van der Waals surface area contributed by atoms with Gasteiger partial charge in [-0.25, -0.2) is 4.79 Å². The summed E-state index contributed by atoms with van der Waals surface area (Å²) in [6, 6.07) is 21.7. The molecule has 1 fully saturated rings. The van der Waals surface area contributed by atoms with Crippen molar-refractivity contribution in [2.75, 3.05) is 0 Å². The number of nitrogens with zero attached hydrogens (tertiary/aromatic N) is 1. The maximum Gasteiger partial charge on any atom is 0.326 e. The van der Waals surface area contributed by atoms with E-state index < -0.39 is 12.0 Å². The normalized spacial score (nSPS) is 18.4. The summed E-state index contributed by atoms with van der Waals surface area (Å²) < 4.78 is 0. The van der Waals surface area contributed by atoms with E-state index in [0.29, 0.717) is 23.4 Å². The van der Waals surface area contributed by atoms with E-state index in [0.717, 1.165) is 22.3 Å². The second-order valence-electron chi connectivity index (χ2n) is 7.58. The molecule has 0 bridgehead atoms. The van der Waals surface area contributed by atoms with Crippen LogP contribution in [0.2, 0.25) is 5.02 Å². The number of halogens is 1. The largest absolute Gasteiger partial charge is 0.480 e. The van der Waals surface area contributed by atoms with Crippen molar-refractivity contribution in [1.82, 2.24) is 4.90 Å². The highest BCUT2D eigenvalue weighted by Crippen LogP contribution is 2.40. The standard InChI is InChI=1S/C25H22ClNO3/c1-16-15-18(17-7-3-2-4-8-17)11-12-19(16)24(28)27-22(13-14-23(27)25(29)30)20-9-5-6-10-21(20)26/h2-12,15,22-23H,13-14H2,1H3,(H,29,30)/t22-,23+/m1/s1. The molecule has 1 aliphatic rings. The molecule has 30 heavy (non-hydrogen) atoms. The van der Waals surface area contributed by atoms with Crippen molar-refractivity contribution >= 4 is 23.5 Å². The van der Waals surface area contributed by atoms with Gasteiger partial charge in [-0.3, -0.25) is 4.79 Å². The predicted octanol–water partition coefficient (Wildman–Crippen LogP) is 5.75. The van der Waals surface area contributed by atoms with Gasteiger partial charge in [0.25, 0.3) is 5.91 Å². The zero-order chi connectivity index (χ0) is 21.3. The third-order valence-electron chi connectivity index (χ3n) is 5.73. The number of benzene rings is 3. The Kier molecular flexibility index (Phi) is 5.60. The Morgan fingerprint density at radius 1 is 0.933 bits per heavy atom. The van der Waals surface area contributed by atoms with E-state index in [1.165, 1.54) is 4.90 Å². The zero-order valence-electron chi connectivity index (χ0n) is 16.6. The van der Waals surface area contributed by atoms with Crippen molar-refractivity contribution in [3.05, 3.63) is 94.5 Å². The first kappa shape index (κ1) is 20.2. The van der Waals surface area contributed by atoms with Gasteiger partial charge in [-0.2, -0.15) is 0 Å². The molecule has 152 valence electrons. The Hall–Kier alpha value is -3.11. The van der Waals surface area contributed by atoms with E-state index in [4.69, 9.17) is 11.6 Å². The van der Waals surface area contributed by atoms with Crippen molar-refractivity contribution in [1.29, 1.82) is 0 Å². The second-order valence-corrected chi connectivity index (χ2v) is 7.98. The number of carbonyl (C=O) groups is 2. The third kappa shape index (κ3) is 3.71. The fourth-order valence-electron chi connectivity index (χ4n) is 4.24. The minimum atomic E-state index is -0.989. The highest BCUT2D eigenvalue weighted by Gasteiger charge is 2.42. The summed E-state index contributed by atoms with van der Waals surface area (Å²) in [5, 5.41) is 10.3. The van der Waals surface area contributed by atoms with Gasteiger partial charge in [0.1, 0.15) is 6.04 Å². The molecule has 0 aromatic heterocycles. The maximum atomic E-state index is 13.5. The van der Waals surface area contributed by atoms with E-state index in [2.05, 4.69) is 0 Å². The van der Waals surface area contributed by atoms with Crippen LogP contribution >= 0.6 is 11.6 Å². The van der Waals surface area contributed by atoms with Crippen molar-refractivity contribution in [2.45, 2.75) is 31.8 Å². The number of hydrogen-bond donors (Lipinski definition) is 1. The van der Waals surface area contributed by atoms with Crippen LogP contribution in [0.1, 0.15) is 40.4 Å². The van der Waals surface area contributed by atoms with E-state index >= 15 is 0 Å². The first-order valence-corrected chi connectivity index (χ1v) is 10.3. The average Bonchev–Trinajstić information content (AvgIpc) is 3.19. The fraction of sp³-hybridized carbons (Fsp3) is 0.200. The van der Waals surface area contributed by atoms with Gasteiger partial charge in [0, 0.05) is 10.6 Å². The average molecular weight is 420 g/mol. The Morgan fingerprint density at radius 3 is 2.30 bits per heavy atom. The quantitative estimate of drug-likeness (QED) is 0.586. The highest BCUT2D eigenvalue weighted by atomic mass is 35.5. The number of carboxylic acid groups (broad SMARTS) is 1. The van der Waals surface area contributed by atoms with Crippen LogP contribution in [0.25, 0.3) is 11.1 Å². The first-order chi connectivity index (χ1) is 14.5. The number of rotatable bonds is 4. The monoisotopic (exact) mass is 419 g/mol. The minimum absolute atomic E-state index is 0.276. The van der Waals surface area contributed by atoms with Crippen LogP contribution in [0.3, 0.4) is 0 Å². The summed E-state index contributed by atoms with van der Waals surface area (Å²) in [6.45, 7) is 1.88. The van der Waals surface area contributed by atoms with E-state index in [-0.39, 0.29) is 11.9 Å². The van der Waals surface area contributed by atoms with Gasteiger partial charge >= 0.3 is 5.97 Å². The van der Waals surface area contributed by atoms with Gasteiger partial charge in [-0.05, 0) is 54.2 Å². The molecule has 1 N–H and O–H groups in total. The first-order valence-electron chi connectivity index (χ1n) is 9.93. The van der Waals surface area contributed by atoms with Gasteiger partial charge in [0.15, 0.2) is 0 Å². The maximum absolute atomic E-state index is 13.5. The van der Waals surface area contributed by atoms with Gasteiger partial charge in [0.05, 0.1) is 6.04 Å². The van der Waals surface area contributed by atoms with Gasteiger partial charge in [-0.1, -0.05) is 72.3 Å². The molecule has 1 amide bonds. The Bertz CT molecular complexity index is 1100. The van der Waals surface area contributed by atoms with Crippen LogP contribution in [0, 0.1) is 6.92 Å². The summed E-state index contributed by atoms with van der Waals surface area (Å²) in [6.07, 6.45) is 0.964. The lowest BCUT2D eigenvalue weighted by Gasteiger charge is -2.30. The number of carbonyl (C=O) groups excluding carboxylic acids is 1. The number of aliphatic carboxylic acids is 1. The molecule has 0 spiro atoms. The molecule has 4 rings (SSSR count). The van der Waals surface area contributed by atoms with Crippen molar-refractivity contribution < 1.29 is 14.7 Å². The molecule has 0 unspecified atom stereocenters. The zero-order valence-corrected chi connectivity index (χ0v) is 17.3. The Labute approximate surface area is 180 Å². The molecule has 3 aromatic carbocycles. The van der Waals surface area contributed by atoms with Gasteiger partial charge < -0.3 is 10.0 Å². The van der Waals surface area contributed by atoms with E-state index in [9.17, 15) is 14.7 Å². The smallest absolute Gasteiger partial charge is 0.326 e. The second kappa shape index (κ2) is 8.33. The number of aryl methyl sites for hydroxylation is 1. The van der Waals surface area contributed by atoms with Gasteiger partial charge in [0.2, 0.25) is 0 Å². The number of likely N-dealkylation sites (tertiary alicyclic amines) is 1. The third-order valence-corrected chi connectivity index (χ3v) is 6.08. The lowest BCUT2D eigenvalue weighted by Crippen LogP contribution is -2.42. The van der Waals surface area contributed by atoms with Crippen molar-refractivity contribution in [2.24, 2.45) is 0 Å². The molecule has 1 saturated heterocycles. The lowest BCUT2D eigenvalue weighted by molar-refractivity contribution is -0.141. The molecule has 2 atom stereocenters. The minimum Gasteiger partial charge on any atom is -0.480 e. The molecule has 4 nitrogen and oxygen atoms in total. The molecule has 5 heteroatoms. The van der Waals surface area contributed by atoms with Gasteiger partial charge in [-0.15, -0.1) is 0 Å². The summed E-state index contributed by atoms with van der Waals surface area (Å²) in [4.78, 5) is 26.9. The van der Waals surface area contributed by atoms with Crippen molar-refractivity contribution in [3.63, 3.8) is 0 Å². The summed E-state index contributed by atoms with van der Waals surface area (Å²) >= 11 is 6.38. The number of amides is 1. The van der Waals surface area contributed by atoms with Crippen LogP contribution in [0.4, 0.5) is 0 Å². The van der Waals surface area contributed by atoms with Crippen LogP contribution in [0.5, 0.6) is 0 Å². The number of carboxylic acids is 1. The summed E-state index contributed by atoms with van der Waals surface area (Å²) in [5.74, 6) is -1.27. The number of hydrogen-bond acceptors (Lipinski definition) is 2. The highest BCUT2D eigenvalue weighted by molar-refractivity contribution is 6.31. The van der Waals surface area contributed by atoms with E-state index in [1.54, 1.807) is 12.1 Å². The molecule has 0 saturated carbocycles. The fourth-order valence-corrected chi connectivity index (χ4v) is 4.50.